The van der Waals surface area contributed by atoms with E-state index in [-0.39, 0.29) is 11.5 Å². The van der Waals surface area contributed by atoms with Crippen LogP contribution in [-0.4, -0.2) is 83.4 Å². The molecule has 0 spiro atoms. The standard InChI is InChI=1S/C20H28N8O/c1-20(4-6-26(2)13-20)28-5-3-15-16(14-11-22-18(21)23-12-14)24-19(25-17(15)28)27-7-9-29-10-8-27/h11-12H,3-10,13H2,1-2H3,(H2,21,22,23)/t20-/m1/s1. The predicted molar refractivity (Wildman–Crippen MR) is 112 cm³/mol. The van der Waals surface area contributed by atoms with Crippen molar-refractivity contribution in [2.45, 2.75) is 25.3 Å². The minimum absolute atomic E-state index is 0.0888. The molecule has 5 heterocycles. The highest BCUT2D eigenvalue weighted by Gasteiger charge is 2.42. The first kappa shape index (κ1) is 18.5. The van der Waals surface area contributed by atoms with Crippen LogP contribution in [0.25, 0.3) is 11.3 Å². The molecule has 0 aromatic carbocycles. The van der Waals surface area contributed by atoms with Gasteiger partial charge in [0, 0.05) is 56.2 Å². The van der Waals surface area contributed by atoms with Crippen LogP contribution in [0, 0.1) is 0 Å². The van der Waals surface area contributed by atoms with Gasteiger partial charge < -0.3 is 25.2 Å². The Morgan fingerprint density at radius 3 is 2.52 bits per heavy atom. The van der Waals surface area contributed by atoms with Crippen molar-refractivity contribution < 1.29 is 4.74 Å². The fourth-order valence-corrected chi connectivity index (χ4v) is 4.76. The third-order valence-electron chi connectivity index (χ3n) is 6.35. The summed E-state index contributed by atoms with van der Waals surface area (Å²) in [5.41, 5.74) is 8.80. The van der Waals surface area contributed by atoms with Gasteiger partial charge in [-0.2, -0.15) is 4.98 Å². The summed E-state index contributed by atoms with van der Waals surface area (Å²) in [7, 11) is 2.19. The maximum atomic E-state index is 5.71. The van der Waals surface area contributed by atoms with Gasteiger partial charge in [-0.25, -0.2) is 15.0 Å². The van der Waals surface area contributed by atoms with Crippen LogP contribution in [-0.2, 0) is 11.2 Å². The van der Waals surface area contributed by atoms with Crippen LogP contribution in [0.1, 0.15) is 18.9 Å². The van der Waals surface area contributed by atoms with E-state index in [4.69, 9.17) is 20.4 Å². The van der Waals surface area contributed by atoms with Crippen LogP contribution >= 0.6 is 0 Å². The van der Waals surface area contributed by atoms with E-state index >= 15 is 0 Å². The number of nitrogen functional groups attached to an aromatic ring is 1. The van der Waals surface area contributed by atoms with Crippen molar-refractivity contribution in [1.29, 1.82) is 0 Å². The normalized spacial score (nSPS) is 24.9. The van der Waals surface area contributed by atoms with E-state index in [9.17, 15) is 0 Å². The van der Waals surface area contributed by atoms with Crippen molar-refractivity contribution >= 4 is 17.7 Å². The number of likely N-dealkylation sites (tertiary alicyclic amines) is 1. The Bertz CT molecular complexity index is 898. The molecule has 0 radical (unpaired) electrons. The number of aromatic nitrogens is 4. The molecule has 154 valence electrons. The molecule has 2 aromatic rings. The third kappa shape index (κ3) is 3.28. The summed E-state index contributed by atoms with van der Waals surface area (Å²) >= 11 is 0. The average Bonchev–Trinajstić information content (AvgIpc) is 3.32. The summed E-state index contributed by atoms with van der Waals surface area (Å²) in [4.78, 5) is 25.5. The number of nitrogens with zero attached hydrogens (tertiary/aromatic N) is 7. The lowest BCUT2D eigenvalue weighted by atomic mass is 9.99. The lowest BCUT2D eigenvalue weighted by Crippen LogP contribution is -2.48. The average molecular weight is 396 g/mol. The van der Waals surface area contributed by atoms with Crippen LogP contribution < -0.4 is 15.5 Å². The van der Waals surface area contributed by atoms with Gasteiger partial charge in [-0.3, -0.25) is 0 Å². The predicted octanol–water partition coefficient (Wildman–Crippen LogP) is 0.809. The highest BCUT2D eigenvalue weighted by molar-refractivity contribution is 5.73. The second-order valence-electron chi connectivity index (χ2n) is 8.49. The number of anilines is 3. The summed E-state index contributed by atoms with van der Waals surface area (Å²) in [6, 6.07) is 0. The fourth-order valence-electron chi connectivity index (χ4n) is 4.76. The molecule has 0 aliphatic carbocycles. The topological polar surface area (TPSA) is 96.5 Å². The van der Waals surface area contributed by atoms with E-state index < -0.39 is 0 Å². The fraction of sp³-hybridized carbons (Fsp3) is 0.600. The molecule has 3 aliphatic heterocycles. The number of ether oxygens (including phenoxy) is 1. The van der Waals surface area contributed by atoms with Crippen LogP contribution in [0.4, 0.5) is 17.7 Å². The molecular formula is C20H28N8O. The smallest absolute Gasteiger partial charge is 0.228 e. The van der Waals surface area contributed by atoms with E-state index in [1.165, 1.54) is 5.56 Å². The van der Waals surface area contributed by atoms with Crippen molar-refractivity contribution in [2.75, 3.05) is 68.5 Å². The summed E-state index contributed by atoms with van der Waals surface area (Å²) in [5.74, 6) is 2.10. The van der Waals surface area contributed by atoms with E-state index in [1.807, 2.05) is 0 Å². The molecule has 0 saturated carbocycles. The zero-order valence-electron chi connectivity index (χ0n) is 17.1. The maximum Gasteiger partial charge on any atom is 0.228 e. The van der Waals surface area contributed by atoms with Crippen LogP contribution in [0.3, 0.4) is 0 Å². The van der Waals surface area contributed by atoms with Gasteiger partial charge in [0.25, 0.3) is 0 Å². The molecule has 2 aromatic heterocycles. The highest BCUT2D eigenvalue weighted by Crippen LogP contribution is 2.41. The molecule has 9 heteroatoms. The molecule has 3 aliphatic rings. The van der Waals surface area contributed by atoms with Gasteiger partial charge in [-0.05, 0) is 26.8 Å². The molecule has 2 fully saturated rings. The molecule has 0 bridgehead atoms. The van der Waals surface area contributed by atoms with Crippen molar-refractivity contribution in [2.24, 2.45) is 0 Å². The van der Waals surface area contributed by atoms with Crippen molar-refractivity contribution in [3.05, 3.63) is 18.0 Å². The molecule has 29 heavy (non-hydrogen) atoms. The first-order valence-corrected chi connectivity index (χ1v) is 10.3. The lowest BCUT2D eigenvalue weighted by Gasteiger charge is -2.37. The second-order valence-corrected chi connectivity index (χ2v) is 8.49. The maximum absolute atomic E-state index is 5.71. The van der Waals surface area contributed by atoms with Crippen LogP contribution in [0.5, 0.6) is 0 Å². The Labute approximate surface area is 170 Å². The number of hydrogen-bond acceptors (Lipinski definition) is 9. The third-order valence-corrected chi connectivity index (χ3v) is 6.35. The number of rotatable bonds is 3. The highest BCUT2D eigenvalue weighted by atomic mass is 16.5. The Morgan fingerprint density at radius 1 is 1.07 bits per heavy atom. The van der Waals surface area contributed by atoms with Crippen molar-refractivity contribution in [3.8, 4) is 11.3 Å². The largest absolute Gasteiger partial charge is 0.378 e. The zero-order chi connectivity index (χ0) is 20.0. The SMILES string of the molecule is CN1CC[C@@](C)(N2CCc3c(-c4cnc(N)nc4)nc(N4CCOCC4)nc32)C1. The Balaban J connectivity index is 1.61. The quantitative estimate of drug-likeness (QED) is 0.808. The molecule has 2 N–H and O–H groups in total. The zero-order valence-corrected chi connectivity index (χ0v) is 17.1. The van der Waals surface area contributed by atoms with E-state index in [0.29, 0.717) is 13.2 Å². The van der Waals surface area contributed by atoms with Gasteiger partial charge in [0.15, 0.2) is 0 Å². The molecule has 0 amide bonds. The molecule has 1 atom stereocenters. The first-order chi connectivity index (χ1) is 14.0. The Kier molecular flexibility index (Phi) is 4.51. The van der Waals surface area contributed by atoms with Gasteiger partial charge >= 0.3 is 0 Å². The summed E-state index contributed by atoms with van der Waals surface area (Å²) < 4.78 is 5.53. The van der Waals surface area contributed by atoms with Gasteiger partial charge in [0.1, 0.15) is 5.82 Å². The van der Waals surface area contributed by atoms with Crippen molar-refractivity contribution in [3.63, 3.8) is 0 Å². The molecule has 9 nitrogen and oxygen atoms in total. The molecular weight excluding hydrogens is 368 g/mol. The summed E-state index contributed by atoms with van der Waals surface area (Å²) in [6.45, 7) is 8.48. The van der Waals surface area contributed by atoms with Gasteiger partial charge in [-0.15, -0.1) is 0 Å². The number of fused-ring (bicyclic) bond motifs is 1. The molecule has 2 saturated heterocycles. The van der Waals surface area contributed by atoms with Crippen molar-refractivity contribution in [1.82, 2.24) is 24.8 Å². The minimum Gasteiger partial charge on any atom is -0.378 e. The van der Waals surface area contributed by atoms with E-state index in [0.717, 1.165) is 68.6 Å². The number of morpholine rings is 1. The summed E-state index contributed by atoms with van der Waals surface area (Å²) in [5, 5.41) is 0. The van der Waals surface area contributed by atoms with E-state index in [2.05, 4.69) is 38.6 Å². The van der Waals surface area contributed by atoms with Gasteiger partial charge in [0.05, 0.1) is 24.4 Å². The second kappa shape index (κ2) is 7.07. The summed E-state index contributed by atoms with van der Waals surface area (Å²) in [6.07, 6.45) is 5.60. The number of nitrogens with two attached hydrogens (primary N) is 1. The van der Waals surface area contributed by atoms with Crippen LogP contribution in [0.15, 0.2) is 12.4 Å². The first-order valence-electron chi connectivity index (χ1n) is 10.3. The van der Waals surface area contributed by atoms with Gasteiger partial charge in [0.2, 0.25) is 11.9 Å². The Morgan fingerprint density at radius 2 is 1.83 bits per heavy atom. The monoisotopic (exact) mass is 396 g/mol. The molecule has 0 unspecified atom stereocenters. The number of likely N-dealkylation sites (N-methyl/N-ethyl adjacent to an activating group) is 1. The lowest BCUT2D eigenvalue weighted by molar-refractivity contribution is 0.122. The Hall–Kier alpha value is -2.52. The minimum atomic E-state index is 0.0888. The molecule has 5 rings (SSSR count). The van der Waals surface area contributed by atoms with Gasteiger partial charge in [-0.1, -0.05) is 0 Å². The number of hydrogen-bond donors (Lipinski definition) is 1. The van der Waals surface area contributed by atoms with E-state index in [1.54, 1.807) is 12.4 Å². The van der Waals surface area contributed by atoms with Crippen LogP contribution in [0.2, 0.25) is 0 Å².